The fourth-order valence-electron chi connectivity index (χ4n) is 10.1. The molecule has 0 aromatic carbocycles. The van der Waals surface area contributed by atoms with Gasteiger partial charge in [0.2, 0.25) is 0 Å². The van der Waals surface area contributed by atoms with Gasteiger partial charge in [0, 0.05) is 19.3 Å². The van der Waals surface area contributed by atoms with Crippen molar-refractivity contribution < 1.29 is 28.6 Å². The van der Waals surface area contributed by atoms with Crippen LogP contribution in [0.15, 0.2) is 48.6 Å². The number of carbonyl (C=O) groups excluding carboxylic acids is 3. The summed E-state index contributed by atoms with van der Waals surface area (Å²) in [6.45, 7) is 6.59. The molecule has 0 bridgehead atoms. The lowest BCUT2D eigenvalue weighted by Gasteiger charge is -2.18. The second-order valence-corrected chi connectivity index (χ2v) is 22.7. The molecule has 1 atom stereocenters. The summed E-state index contributed by atoms with van der Waals surface area (Å²) in [6.07, 6.45) is 81.3. The van der Waals surface area contributed by atoms with Crippen LogP contribution in [-0.2, 0) is 28.6 Å². The summed E-state index contributed by atoms with van der Waals surface area (Å²) in [5, 5.41) is 0. The molecule has 0 aliphatic heterocycles. The van der Waals surface area contributed by atoms with E-state index in [9.17, 15) is 14.4 Å². The van der Waals surface area contributed by atoms with E-state index in [2.05, 4.69) is 69.4 Å². The molecule has 0 radical (unpaired) electrons. The van der Waals surface area contributed by atoms with Gasteiger partial charge in [0.25, 0.3) is 0 Å². The van der Waals surface area contributed by atoms with E-state index in [4.69, 9.17) is 14.2 Å². The molecule has 0 heterocycles. The van der Waals surface area contributed by atoms with E-state index in [1.165, 1.54) is 238 Å². The SMILES string of the molecule is CC/C=C\C/C=C\C/C=C\C/C=C\CCCCCCCCCCCCCCCCCCC(=O)OCC(COC(=O)CCCCCCCCCCCCCCCC)OC(=O)CCCCCCCCCCCCCCCCC. The van der Waals surface area contributed by atoms with E-state index in [1.807, 2.05) is 0 Å². The van der Waals surface area contributed by atoms with Gasteiger partial charge >= 0.3 is 17.9 Å². The summed E-state index contributed by atoms with van der Waals surface area (Å²) in [4.78, 5) is 38.3. The Labute approximate surface area is 473 Å². The first kappa shape index (κ1) is 73.4. The van der Waals surface area contributed by atoms with Crippen LogP contribution in [0.2, 0.25) is 0 Å². The highest BCUT2D eigenvalue weighted by Crippen LogP contribution is 2.18. The number of ether oxygens (including phenoxy) is 3. The number of hydrogen-bond donors (Lipinski definition) is 0. The molecule has 0 aromatic heterocycles. The van der Waals surface area contributed by atoms with Crippen LogP contribution in [0.25, 0.3) is 0 Å². The average Bonchev–Trinajstić information content (AvgIpc) is 3.42. The Kier molecular flexibility index (Phi) is 62.6. The molecule has 0 amide bonds. The van der Waals surface area contributed by atoms with Gasteiger partial charge in [-0.25, -0.2) is 0 Å². The summed E-state index contributed by atoms with van der Waals surface area (Å²) in [6, 6.07) is 0. The van der Waals surface area contributed by atoms with Gasteiger partial charge in [0.05, 0.1) is 0 Å². The third-order valence-corrected chi connectivity index (χ3v) is 15.1. The third-order valence-electron chi connectivity index (χ3n) is 15.1. The minimum absolute atomic E-state index is 0.0655. The minimum atomic E-state index is -0.768. The number of hydrogen-bond acceptors (Lipinski definition) is 6. The maximum absolute atomic E-state index is 12.9. The van der Waals surface area contributed by atoms with Crippen LogP contribution in [0.3, 0.4) is 0 Å². The van der Waals surface area contributed by atoms with Crippen LogP contribution >= 0.6 is 0 Å². The molecule has 0 aliphatic rings. The third kappa shape index (κ3) is 62.2. The highest BCUT2D eigenvalue weighted by atomic mass is 16.6. The number of allylic oxidation sites excluding steroid dienone is 8. The van der Waals surface area contributed by atoms with Crippen molar-refractivity contribution in [2.75, 3.05) is 13.2 Å². The first-order valence-corrected chi connectivity index (χ1v) is 33.6. The molecule has 76 heavy (non-hydrogen) atoms. The van der Waals surface area contributed by atoms with E-state index in [0.717, 1.165) is 83.5 Å². The molecule has 0 aliphatic carbocycles. The summed E-state index contributed by atoms with van der Waals surface area (Å²) in [5.74, 6) is -0.838. The van der Waals surface area contributed by atoms with Crippen LogP contribution in [0.1, 0.15) is 361 Å². The monoisotopic (exact) mass is 1060 g/mol. The van der Waals surface area contributed by atoms with Crippen molar-refractivity contribution in [2.45, 2.75) is 367 Å². The zero-order valence-corrected chi connectivity index (χ0v) is 51.0. The first-order valence-electron chi connectivity index (χ1n) is 33.6. The summed E-state index contributed by atoms with van der Waals surface area (Å²) in [5.41, 5.74) is 0. The Balaban J connectivity index is 4.18. The van der Waals surface area contributed by atoms with Gasteiger partial charge in [0.1, 0.15) is 13.2 Å². The molecular formula is C70H128O6. The highest BCUT2D eigenvalue weighted by molar-refractivity contribution is 5.71. The fourth-order valence-corrected chi connectivity index (χ4v) is 10.1. The Morgan fingerprint density at radius 3 is 0.803 bits per heavy atom. The predicted octanol–water partition coefficient (Wildman–Crippen LogP) is 22.9. The average molecular weight is 1070 g/mol. The Hall–Kier alpha value is -2.63. The van der Waals surface area contributed by atoms with E-state index in [0.29, 0.717) is 19.3 Å². The van der Waals surface area contributed by atoms with Crippen molar-refractivity contribution >= 4 is 17.9 Å². The molecule has 0 N–H and O–H groups in total. The maximum Gasteiger partial charge on any atom is 0.306 e. The summed E-state index contributed by atoms with van der Waals surface area (Å²) < 4.78 is 17.0. The second kappa shape index (κ2) is 64.9. The van der Waals surface area contributed by atoms with Crippen LogP contribution in [-0.4, -0.2) is 37.2 Å². The predicted molar refractivity (Wildman–Crippen MR) is 330 cm³/mol. The zero-order valence-electron chi connectivity index (χ0n) is 51.0. The molecule has 0 saturated heterocycles. The normalized spacial score (nSPS) is 12.3. The van der Waals surface area contributed by atoms with Crippen LogP contribution in [0.5, 0.6) is 0 Å². The molecule has 0 saturated carbocycles. The number of unbranched alkanes of at least 4 members (excludes halogenated alkanes) is 43. The van der Waals surface area contributed by atoms with Crippen molar-refractivity contribution in [1.29, 1.82) is 0 Å². The molecule has 6 nitrogen and oxygen atoms in total. The van der Waals surface area contributed by atoms with Crippen molar-refractivity contribution in [2.24, 2.45) is 0 Å². The summed E-state index contributed by atoms with van der Waals surface area (Å²) in [7, 11) is 0. The highest BCUT2D eigenvalue weighted by Gasteiger charge is 2.19. The molecule has 1 unspecified atom stereocenters. The van der Waals surface area contributed by atoms with Crippen LogP contribution in [0, 0.1) is 0 Å². The Morgan fingerprint density at radius 1 is 0.276 bits per heavy atom. The molecule has 0 fully saturated rings. The van der Waals surface area contributed by atoms with Gasteiger partial charge in [0.15, 0.2) is 6.10 Å². The van der Waals surface area contributed by atoms with Crippen LogP contribution in [0.4, 0.5) is 0 Å². The minimum Gasteiger partial charge on any atom is -0.462 e. The van der Waals surface area contributed by atoms with Crippen molar-refractivity contribution in [3.05, 3.63) is 48.6 Å². The Bertz CT molecular complexity index is 1310. The quantitative estimate of drug-likeness (QED) is 0.0261. The number of esters is 3. The molecule has 0 rings (SSSR count). The first-order chi connectivity index (χ1) is 37.5. The zero-order chi connectivity index (χ0) is 55.0. The lowest BCUT2D eigenvalue weighted by Crippen LogP contribution is -2.30. The van der Waals surface area contributed by atoms with Gasteiger partial charge in [-0.1, -0.05) is 333 Å². The lowest BCUT2D eigenvalue weighted by atomic mass is 10.0. The van der Waals surface area contributed by atoms with E-state index in [-0.39, 0.29) is 31.1 Å². The van der Waals surface area contributed by atoms with Gasteiger partial charge < -0.3 is 14.2 Å². The van der Waals surface area contributed by atoms with Gasteiger partial charge in [-0.15, -0.1) is 0 Å². The summed E-state index contributed by atoms with van der Waals surface area (Å²) >= 11 is 0. The van der Waals surface area contributed by atoms with E-state index in [1.54, 1.807) is 0 Å². The molecule has 6 heteroatoms. The number of rotatable bonds is 62. The van der Waals surface area contributed by atoms with Gasteiger partial charge in [-0.2, -0.15) is 0 Å². The molecule has 0 aromatic rings. The largest absolute Gasteiger partial charge is 0.462 e. The van der Waals surface area contributed by atoms with Crippen LogP contribution < -0.4 is 0 Å². The molecule has 0 spiro atoms. The molecule has 444 valence electrons. The Morgan fingerprint density at radius 2 is 0.513 bits per heavy atom. The van der Waals surface area contributed by atoms with E-state index < -0.39 is 6.10 Å². The van der Waals surface area contributed by atoms with Crippen molar-refractivity contribution in [1.82, 2.24) is 0 Å². The fraction of sp³-hybridized carbons (Fsp3) is 0.843. The lowest BCUT2D eigenvalue weighted by molar-refractivity contribution is -0.167. The smallest absolute Gasteiger partial charge is 0.306 e. The van der Waals surface area contributed by atoms with Gasteiger partial charge in [-0.05, 0) is 57.8 Å². The molecular weight excluding hydrogens is 937 g/mol. The second-order valence-electron chi connectivity index (χ2n) is 22.7. The maximum atomic E-state index is 12.9. The topological polar surface area (TPSA) is 78.9 Å². The number of carbonyl (C=O) groups is 3. The standard InChI is InChI=1S/C70H128O6/c1-4-7-10-13-16-19-22-25-28-29-30-31-32-33-34-35-36-37-38-39-40-41-43-45-48-51-54-57-60-63-69(72)75-66-67(65-74-68(71)62-59-56-53-50-47-44-27-24-21-18-15-12-9-6-3)76-70(73)64-61-58-55-52-49-46-42-26-23-20-17-14-11-8-5-2/h7,10,16,19,25,28,30-31,67H,4-6,8-9,11-15,17-18,20-24,26-27,29,32-66H2,1-3H3/b10-7-,19-16-,28-25-,31-30-. The van der Waals surface area contributed by atoms with Crippen molar-refractivity contribution in [3.8, 4) is 0 Å². The van der Waals surface area contributed by atoms with Crippen molar-refractivity contribution in [3.63, 3.8) is 0 Å². The van der Waals surface area contributed by atoms with E-state index >= 15 is 0 Å². The van der Waals surface area contributed by atoms with Gasteiger partial charge in [-0.3, -0.25) is 14.4 Å².